The molecule has 7 nitrogen and oxygen atoms in total. The lowest BCUT2D eigenvalue weighted by atomic mass is 10.1. The third-order valence-corrected chi connectivity index (χ3v) is 19.8. The predicted octanol–water partition coefficient (Wildman–Crippen LogP) is 15.3. The Morgan fingerprint density at radius 2 is 0.627 bits per heavy atom. The average molecular weight is 1110 g/mol. The zero-order chi connectivity index (χ0) is 81.6. The van der Waals surface area contributed by atoms with Crippen LogP contribution in [-0.4, -0.2) is 41.3 Å². The Bertz CT molecular complexity index is 6800. The molecule has 5 heterocycles. The highest BCUT2D eigenvalue weighted by atomic mass is 28.3. The Morgan fingerprint density at radius 1 is 0.289 bits per heavy atom. The highest BCUT2D eigenvalue weighted by Crippen LogP contribution is 2.40. The van der Waals surface area contributed by atoms with Crippen molar-refractivity contribution in [3.8, 4) is 34.7 Å². The Labute approximate surface area is 522 Å². The Balaban J connectivity index is 1.14. The van der Waals surface area contributed by atoms with E-state index in [1.54, 1.807) is 30.3 Å². The molecule has 0 saturated carbocycles. The number of hydrogen-bond acceptors (Lipinski definition) is 3. The molecule has 0 N–H and O–H groups in total. The van der Waals surface area contributed by atoms with Gasteiger partial charge >= 0.3 is 0 Å². The molecule has 83 heavy (non-hydrogen) atoms. The van der Waals surface area contributed by atoms with Crippen LogP contribution in [0.1, 0.15) is 42.5 Å². The fraction of sp³-hybridized carbons (Fsp3) is 0. The molecule has 17 aromatic rings. The second kappa shape index (κ2) is 18.6. The van der Waals surface area contributed by atoms with E-state index in [1.807, 2.05) is 72.8 Å². The zero-order valence-corrected chi connectivity index (χ0v) is 43.5. The maximum atomic E-state index is 10.6. The molecule has 0 aliphatic carbocycles. The van der Waals surface area contributed by atoms with Crippen LogP contribution in [0.5, 0.6) is 0 Å². The molecular formula is C75H49N7Si. The van der Waals surface area contributed by atoms with E-state index < -0.39 is 306 Å². The van der Waals surface area contributed by atoms with E-state index in [0.717, 1.165) is 33.8 Å². The lowest BCUT2D eigenvalue weighted by molar-refractivity contribution is 0.892. The highest BCUT2D eigenvalue weighted by Gasteiger charge is 2.42. The highest BCUT2D eigenvalue weighted by molar-refractivity contribution is 7.20. The Morgan fingerprint density at radius 3 is 1.02 bits per heavy atom. The molecular weight excluding hydrogens is 1030 g/mol. The van der Waals surface area contributed by atoms with Crippen LogP contribution in [0.4, 0.5) is 0 Å². The molecule has 0 amide bonds. The molecule has 0 bridgehead atoms. The van der Waals surface area contributed by atoms with Crippen molar-refractivity contribution >= 4 is 116 Å². The van der Waals surface area contributed by atoms with Gasteiger partial charge in [-0.1, -0.05) is 224 Å². The van der Waals surface area contributed by atoms with Gasteiger partial charge in [-0.3, -0.25) is 9.13 Å². The second-order valence-electron chi connectivity index (χ2n) is 19.2. The summed E-state index contributed by atoms with van der Waals surface area (Å²) < 4.78 is 296. The quantitative estimate of drug-likeness (QED) is 0.107. The van der Waals surface area contributed by atoms with Gasteiger partial charge in [-0.25, -0.2) is 0 Å². The Kier molecular flexibility index (Phi) is 5.74. The lowest BCUT2D eigenvalue weighted by Gasteiger charge is -2.35. The van der Waals surface area contributed by atoms with Gasteiger partial charge in [0.25, 0.3) is 0 Å². The van der Waals surface area contributed by atoms with Crippen molar-refractivity contribution in [3.05, 3.63) is 297 Å². The van der Waals surface area contributed by atoms with Crippen molar-refractivity contribution in [1.82, 2.24) is 33.2 Å². The summed E-state index contributed by atoms with van der Waals surface area (Å²) in [5, 5.41) is -1.37. The fourth-order valence-electron chi connectivity index (χ4n) is 11.6. The van der Waals surface area contributed by atoms with Crippen molar-refractivity contribution in [2.24, 2.45) is 0 Å². The molecule has 0 spiro atoms. The number of fused-ring (bicyclic) bond motifs is 12. The van der Waals surface area contributed by atoms with Crippen molar-refractivity contribution < 1.29 is 42.5 Å². The van der Waals surface area contributed by atoms with Crippen LogP contribution in [0.25, 0.3) is 122 Å². The smallest absolute Gasteiger partial charge is 0.240 e. The van der Waals surface area contributed by atoms with Gasteiger partial charge in [0, 0.05) is 54.3 Å². The van der Waals surface area contributed by atoms with E-state index in [9.17, 15) is 26.0 Å². The van der Waals surface area contributed by atoms with Gasteiger partial charge in [0.05, 0.1) is 92.3 Å². The fourth-order valence-corrected chi connectivity index (χ4v) is 16.4. The van der Waals surface area contributed by atoms with Gasteiger partial charge in [0.15, 0.2) is 13.9 Å². The molecule has 12 aromatic carbocycles. The minimum absolute atomic E-state index is 0.312. The second-order valence-corrected chi connectivity index (χ2v) is 23.0. The molecule has 0 unspecified atom stereocenters. The first-order valence-corrected chi connectivity index (χ1v) is 27.7. The summed E-state index contributed by atoms with van der Waals surface area (Å²) in [6.45, 7) is 0. The summed E-state index contributed by atoms with van der Waals surface area (Å²) in [7, 11) is -4.00. The molecule has 8 heteroatoms. The molecule has 0 fully saturated rings. The lowest BCUT2D eigenvalue weighted by Crippen LogP contribution is -2.74. The molecule has 17 rings (SSSR count). The maximum absolute atomic E-state index is 10.6. The van der Waals surface area contributed by atoms with Crippen molar-refractivity contribution in [2.45, 2.75) is 0 Å². The summed E-state index contributed by atoms with van der Waals surface area (Å²) in [5.74, 6) is -2.31. The predicted molar refractivity (Wildman–Crippen MR) is 346 cm³/mol. The van der Waals surface area contributed by atoms with Gasteiger partial charge < -0.3 is 9.13 Å². The number of para-hydroxylation sites is 7. The van der Waals surface area contributed by atoms with Crippen LogP contribution in [0.15, 0.2) is 297 Å². The summed E-state index contributed by atoms with van der Waals surface area (Å²) in [5.41, 5.74) is -5.95. The van der Waals surface area contributed by atoms with Gasteiger partial charge in [0.2, 0.25) is 11.9 Å². The Hall–Kier alpha value is -10.9. The first-order chi connectivity index (χ1) is 54.1. The van der Waals surface area contributed by atoms with Crippen LogP contribution in [0.2, 0.25) is 0 Å². The van der Waals surface area contributed by atoms with E-state index in [-0.39, 0.29) is 11.3 Å². The van der Waals surface area contributed by atoms with Gasteiger partial charge in [-0.05, 0) is 93.3 Å². The molecule has 0 atom stereocenters. The maximum Gasteiger partial charge on any atom is 0.240 e. The summed E-state index contributed by atoms with van der Waals surface area (Å²) in [6, 6.07) is 5.90. The van der Waals surface area contributed by atoms with Crippen LogP contribution in [0, 0.1) is 0 Å². The summed E-state index contributed by atoms with van der Waals surface area (Å²) in [6.07, 6.45) is 0. The first-order valence-electron chi connectivity index (χ1n) is 41.2. The van der Waals surface area contributed by atoms with E-state index in [2.05, 4.69) is 0 Å². The number of nitrogens with zero attached hydrogens (tertiary/aromatic N) is 7. The summed E-state index contributed by atoms with van der Waals surface area (Å²) in [4.78, 5) is 15.4. The SMILES string of the molecule is [2H]c1c([2H])c([2H])c2c(c1[2H])c1c([2H])c([2H])c([2H])c([2H])c1n2-c1nc(-c2cc([Si](c3ccccc3)(c3ccccc3)c3ccccc3)ccc2-n2c3c([2H])c([2H])c([2H])c([2H])c3c3c([2H])c(-n4c5c([2H])c([2H])c([2H])c([2H])c5c5c([2H])c([2H])c([2H])c([2H])c54)c([2H])c([2H])c32)nc(-n2c3c([2H])c([2H])c([2H])c([2H])c3c3c([2H])c([2H])c([2H])c([2H])c32)n1. The largest absolute Gasteiger partial charge is 0.309 e. The van der Waals surface area contributed by atoms with Crippen LogP contribution in [-0.2, 0) is 0 Å². The normalized spacial score (nSPS) is 17.3. The first kappa shape index (κ1) is 25.7. The van der Waals surface area contributed by atoms with Gasteiger partial charge in [-0.15, -0.1) is 0 Å². The van der Waals surface area contributed by atoms with E-state index in [0.29, 0.717) is 5.19 Å². The van der Waals surface area contributed by atoms with Crippen LogP contribution >= 0.6 is 0 Å². The molecule has 5 aromatic heterocycles. The van der Waals surface area contributed by atoms with Gasteiger partial charge in [0.1, 0.15) is 0 Å². The number of rotatable bonds is 9. The third kappa shape index (κ3) is 7.00. The van der Waals surface area contributed by atoms with Crippen molar-refractivity contribution in [3.63, 3.8) is 0 Å². The number of hydrogen-bond donors (Lipinski definition) is 0. The standard InChI is InChI=1S/C75H49N7Si/c1-4-24-51(25-5-1)83(52-26-6-2-7-27-52,53-28-8-3-9-29-53)54-45-47-72(80-66-39-19-16-36-61(66)62-48-50(44-46-71(62)80)79-64-37-17-10-30-55(64)56-31-11-18-38-65(56)79)63(49-54)73-76-74(81-67-40-20-12-32-57(67)58-33-13-21-41-68(58)81)78-75(77-73)82-69-42-22-14-34-59(69)60-35-15-23-43-70(60)82/h1-49H/i10D,11D,12D,13D,14D,15D,16D,17D,18D,19D,20D,21D,22D,23D,30D,31D,32D,33D,34D,35D,36D,37D,38D,39D,40D,41D,42D,43D,44D,46D,48D. The monoisotopic (exact) mass is 1110 g/mol. The topological polar surface area (TPSA) is 58.4 Å². The average Bonchev–Trinajstić information content (AvgIpc) is 1.52. The van der Waals surface area contributed by atoms with Crippen LogP contribution in [0.3, 0.4) is 0 Å². The zero-order valence-electron chi connectivity index (χ0n) is 73.5. The number of benzene rings is 12. The molecule has 0 aliphatic heterocycles. The minimum Gasteiger partial charge on any atom is -0.309 e. The van der Waals surface area contributed by atoms with Gasteiger partial charge in [-0.2, -0.15) is 15.0 Å². The molecule has 0 aliphatic rings. The van der Waals surface area contributed by atoms with E-state index in [4.69, 9.17) is 31.4 Å². The van der Waals surface area contributed by atoms with E-state index in [1.165, 1.54) is 6.07 Å². The summed E-state index contributed by atoms with van der Waals surface area (Å²) >= 11 is 0. The third-order valence-electron chi connectivity index (χ3n) is 15.0. The molecule has 0 saturated heterocycles. The van der Waals surface area contributed by atoms with Crippen molar-refractivity contribution in [2.75, 3.05) is 0 Å². The molecule has 388 valence electrons. The van der Waals surface area contributed by atoms with E-state index >= 15 is 0 Å². The van der Waals surface area contributed by atoms with Crippen molar-refractivity contribution in [1.29, 1.82) is 0 Å². The number of aromatic nitrogens is 7. The minimum atomic E-state index is -4.00. The van der Waals surface area contributed by atoms with Crippen LogP contribution < -0.4 is 20.7 Å². The molecule has 0 radical (unpaired) electrons.